The van der Waals surface area contributed by atoms with E-state index in [-0.39, 0.29) is 0 Å². The fourth-order valence-corrected chi connectivity index (χ4v) is 2.52. The molecule has 0 saturated heterocycles. The van der Waals surface area contributed by atoms with Crippen molar-refractivity contribution >= 4 is 23.5 Å². The van der Waals surface area contributed by atoms with Crippen LogP contribution in [0, 0.1) is 6.92 Å². The van der Waals surface area contributed by atoms with E-state index < -0.39 is 0 Å². The molecule has 0 saturated carbocycles. The van der Waals surface area contributed by atoms with Gasteiger partial charge >= 0.3 is 0 Å². The van der Waals surface area contributed by atoms with E-state index in [9.17, 15) is 4.79 Å². The van der Waals surface area contributed by atoms with Crippen molar-refractivity contribution in [3.05, 3.63) is 59.7 Å². The van der Waals surface area contributed by atoms with E-state index >= 15 is 0 Å². The van der Waals surface area contributed by atoms with Gasteiger partial charge in [-0.1, -0.05) is 42.0 Å². The Bertz CT molecular complexity index is 571. The molecular formula is C15H13NOS. The van der Waals surface area contributed by atoms with Crippen LogP contribution in [-0.2, 0) is 10.5 Å². The Kier molecular flexibility index (Phi) is 4.35. The molecule has 2 aromatic rings. The Morgan fingerprint density at radius 1 is 1.11 bits per heavy atom. The molecule has 90 valence electrons. The standard InChI is InChI=1S/C15H13NOS/c1-12-6-8-13(9-7-12)10-18-15-5-3-2-4-14(15)16-11-17/h2-9H,10H2,1H3. The van der Waals surface area contributed by atoms with Gasteiger partial charge in [0.2, 0.25) is 6.08 Å². The molecule has 0 atom stereocenters. The number of para-hydroxylation sites is 1. The first-order valence-electron chi connectivity index (χ1n) is 5.65. The molecule has 0 aromatic heterocycles. The Labute approximate surface area is 111 Å². The number of aliphatic imine (C=N–C) groups is 1. The fourth-order valence-electron chi connectivity index (χ4n) is 1.57. The number of nitrogens with zero attached hydrogens (tertiary/aromatic N) is 1. The minimum absolute atomic E-state index is 0.685. The molecule has 0 aliphatic carbocycles. The fraction of sp³-hybridized carbons (Fsp3) is 0.133. The third-order valence-corrected chi connectivity index (χ3v) is 3.68. The maximum atomic E-state index is 10.3. The molecule has 3 heteroatoms. The highest BCUT2D eigenvalue weighted by atomic mass is 32.2. The zero-order chi connectivity index (χ0) is 12.8. The minimum atomic E-state index is 0.685. The summed E-state index contributed by atoms with van der Waals surface area (Å²) in [5.41, 5.74) is 3.20. The molecule has 0 aliphatic heterocycles. The van der Waals surface area contributed by atoms with Gasteiger partial charge in [0.1, 0.15) is 0 Å². The van der Waals surface area contributed by atoms with Crippen molar-refractivity contribution in [1.29, 1.82) is 0 Å². The lowest BCUT2D eigenvalue weighted by atomic mass is 10.2. The summed E-state index contributed by atoms with van der Waals surface area (Å²) in [4.78, 5) is 15.0. The van der Waals surface area contributed by atoms with Gasteiger partial charge in [-0.15, -0.1) is 11.8 Å². The predicted octanol–water partition coefficient (Wildman–Crippen LogP) is 4.25. The van der Waals surface area contributed by atoms with E-state index in [1.165, 1.54) is 11.1 Å². The number of thioether (sulfide) groups is 1. The van der Waals surface area contributed by atoms with Crippen LogP contribution >= 0.6 is 11.8 Å². The number of hydrogen-bond donors (Lipinski definition) is 0. The molecule has 18 heavy (non-hydrogen) atoms. The van der Waals surface area contributed by atoms with Gasteiger partial charge < -0.3 is 0 Å². The molecule has 0 unspecified atom stereocenters. The number of rotatable bonds is 4. The van der Waals surface area contributed by atoms with Crippen LogP contribution in [0.1, 0.15) is 11.1 Å². The van der Waals surface area contributed by atoms with E-state index in [1.807, 2.05) is 24.3 Å². The van der Waals surface area contributed by atoms with Crippen LogP contribution in [0.2, 0.25) is 0 Å². The lowest BCUT2D eigenvalue weighted by Gasteiger charge is -2.04. The maximum Gasteiger partial charge on any atom is 0.240 e. The second-order valence-electron chi connectivity index (χ2n) is 3.95. The SMILES string of the molecule is Cc1ccc(CSc2ccccc2N=C=O)cc1. The van der Waals surface area contributed by atoms with Crippen LogP contribution in [-0.4, -0.2) is 6.08 Å². The molecule has 2 aromatic carbocycles. The monoisotopic (exact) mass is 255 g/mol. The minimum Gasteiger partial charge on any atom is -0.211 e. The highest BCUT2D eigenvalue weighted by Gasteiger charge is 2.01. The van der Waals surface area contributed by atoms with Crippen LogP contribution in [0.3, 0.4) is 0 Å². The van der Waals surface area contributed by atoms with E-state index in [1.54, 1.807) is 17.8 Å². The topological polar surface area (TPSA) is 29.4 Å². The third-order valence-electron chi connectivity index (χ3n) is 2.55. The first-order chi connectivity index (χ1) is 8.79. The maximum absolute atomic E-state index is 10.3. The van der Waals surface area contributed by atoms with Gasteiger partial charge in [-0.25, -0.2) is 4.79 Å². The van der Waals surface area contributed by atoms with Crippen molar-refractivity contribution in [2.45, 2.75) is 17.6 Å². The average molecular weight is 255 g/mol. The first kappa shape index (κ1) is 12.6. The Balaban J connectivity index is 2.10. The highest BCUT2D eigenvalue weighted by Crippen LogP contribution is 2.31. The van der Waals surface area contributed by atoms with Crippen molar-refractivity contribution in [3.63, 3.8) is 0 Å². The summed E-state index contributed by atoms with van der Waals surface area (Å²) in [5, 5.41) is 0. The summed E-state index contributed by atoms with van der Waals surface area (Å²) in [5.74, 6) is 0.867. The molecule has 0 spiro atoms. The Morgan fingerprint density at radius 2 is 1.83 bits per heavy atom. The molecule has 2 rings (SSSR count). The van der Waals surface area contributed by atoms with Gasteiger partial charge in [-0.05, 0) is 24.6 Å². The zero-order valence-electron chi connectivity index (χ0n) is 10.1. The van der Waals surface area contributed by atoms with Gasteiger partial charge in [-0.2, -0.15) is 4.99 Å². The van der Waals surface area contributed by atoms with E-state index in [2.05, 4.69) is 36.2 Å². The number of benzene rings is 2. The normalized spacial score (nSPS) is 9.83. The molecule has 0 fully saturated rings. The summed E-state index contributed by atoms with van der Waals surface area (Å²) in [6.45, 7) is 2.07. The summed E-state index contributed by atoms with van der Waals surface area (Å²) in [7, 11) is 0. The van der Waals surface area contributed by atoms with Crippen LogP contribution in [0.25, 0.3) is 0 Å². The van der Waals surface area contributed by atoms with Gasteiger partial charge in [0.15, 0.2) is 0 Å². The summed E-state index contributed by atoms with van der Waals surface area (Å²) in [6, 6.07) is 16.0. The Hall–Kier alpha value is -1.83. The van der Waals surface area contributed by atoms with Crippen LogP contribution in [0.4, 0.5) is 5.69 Å². The van der Waals surface area contributed by atoms with E-state index in [4.69, 9.17) is 0 Å². The van der Waals surface area contributed by atoms with Crippen molar-refractivity contribution in [3.8, 4) is 0 Å². The second-order valence-corrected chi connectivity index (χ2v) is 4.96. The van der Waals surface area contributed by atoms with Gasteiger partial charge in [0, 0.05) is 10.6 Å². The van der Waals surface area contributed by atoms with Crippen LogP contribution in [0.15, 0.2) is 58.4 Å². The van der Waals surface area contributed by atoms with E-state index in [0.29, 0.717) is 5.69 Å². The molecule has 0 amide bonds. The molecular weight excluding hydrogens is 242 g/mol. The van der Waals surface area contributed by atoms with Crippen molar-refractivity contribution in [2.24, 2.45) is 4.99 Å². The third kappa shape index (κ3) is 3.33. The van der Waals surface area contributed by atoms with Crippen molar-refractivity contribution in [1.82, 2.24) is 0 Å². The summed E-state index contributed by atoms with van der Waals surface area (Å²) >= 11 is 1.67. The molecule has 0 radical (unpaired) electrons. The molecule has 0 aliphatic rings. The number of hydrogen-bond acceptors (Lipinski definition) is 3. The number of carbonyl (C=O) groups excluding carboxylic acids is 1. The van der Waals surface area contributed by atoms with Gasteiger partial charge in [0.25, 0.3) is 0 Å². The van der Waals surface area contributed by atoms with Gasteiger partial charge in [0.05, 0.1) is 5.69 Å². The molecule has 0 bridgehead atoms. The average Bonchev–Trinajstić information content (AvgIpc) is 2.40. The lowest BCUT2D eigenvalue weighted by molar-refractivity contribution is 0.565. The smallest absolute Gasteiger partial charge is 0.211 e. The largest absolute Gasteiger partial charge is 0.240 e. The summed E-state index contributed by atoms with van der Waals surface area (Å²) < 4.78 is 0. The summed E-state index contributed by atoms with van der Waals surface area (Å²) in [6.07, 6.45) is 1.59. The highest BCUT2D eigenvalue weighted by molar-refractivity contribution is 7.98. The second kappa shape index (κ2) is 6.20. The number of isocyanates is 1. The first-order valence-corrected chi connectivity index (χ1v) is 6.63. The van der Waals surface area contributed by atoms with E-state index in [0.717, 1.165) is 10.6 Å². The molecule has 0 N–H and O–H groups in total. The molecule has 2 nitrogen and oxygen atoms in total. The number of aryl methyl sites for hydroxylation is 1. The van der Waals surface area contributed by atoms with Gasteiger partial charge in [-0.3, -0.25) is 0 Å². The quantitative estimate of drug-likeness (QED) is 0.464. The lowest BCUT2D eigenvalue weighted by Crippen LogP contribution is -1.81. The molecule has 0 heterocycles. The Morgan fingerprint density at radius 3 is 2.56 bits per heavy atom. The predicted molar refractivity (Wildman–Crippen MR) is 75.0 cm³/mol. The van der Waals surface area contributed by atoms with Crippen molar-refractivity contribution in [2.75, 3.05) is 0 Å². The van der Waals surface area contributed by atoms with Crippen LogP contribution < -0.4 is 0 Å². The van der Waals surface area contributed by atoms with Crippen molar-refractivity contribution < 1.29 is 4.79 Å². The zero-order valence-corrected chi connectivity index (χ0v) is 10.9. The van der Waals surface area contributed by atoms with Crippen LogP contribution in [0.5, 0.6) is 0 Å².